The van der Waals surface area contributed by atoms with Gasteiger partial charge in [-0.15, -0.1) is 11.3 Å². The van der Waals surface area contributed by atoms with E-state index >= 15 is 0 Å². The van der Waals surface area contributed by atoms with E-state index < -0.39 is 0 Å². The van der Waals surface area contributed by atoms with Crippen LogP contribution >= 0.6 is 11.3 Å². The molecule has 0 aliphatic carbocycles. The Hall–Kier alpha value is -2.55. The molecule has 7 nitrogen and oxygen atoms in total. The summed E-state index contributed by atoms with van der Waals surface area (Å²) >= 11 is 1.67. The third-order valence-corrected chi connectivity index (χ3v) is 6.85. The molecule has 5 rings (SSSR count). The first kappa shape index (κ1) is 20.4. The lowest BCUT2D eigenvalue weighted by atomic mass is 10.1. The average Bonchev–Trinajstić information content (AvgIpc) is 3.13. The third-order valence-electron chi connectivity index (χ3n) is 5.97. The Morgan fingerprint density at radius 2 is 1.97 bits per heavy atom. The number of aromatic nitrogens is 2. The van der Waals surface area contributed by atoms with Crippen molar-refractivity contribution in [2.75, 3.05) is 44.3 Å². The van der Waals surface area contributed by atoms with Crippen LogP contribution in [0.1, 0.15) is 19.2 Å². The molecule has 4 heterocycles. The number of nitrogens with one attached hydrogen (secondary N) is 1. The highest BCUT2D eigenvalue weighted by molar-refractivity contribution is 7.17. The minimum atomic E-state index is 0.0698. The van der Waals surface area contributed by atoms with Crippen LogP contribution in [0, 0.1) is 0 Å². The highest BCUT2D eigenvalue weighted by atomic mass is 32.1. The highest BCUT2D eigenvalue weighted by Gasteiger charge is 2.27. The number of nitrogens with zero attached hydrogens (tertiary/aromatic N) is 4. The lowest BCUT2D eigenvalue weighted by molar-refractivity contribution is -0.120. The van der Waals surface area contributed by atoms with Crippen LogP contribution in [0.2, 0.25) is 0 Å². The fraction of sp³-hybridized carbons (Fsp3) is 0.435. The van der Waals surface area contributed by atoms with Gasteiger partial charge in [0.25, 0.3) is 0 Å². The Kier molecular flexibility index (Phi) is 5.85. The molecule has 2 aliphatic heterocycles. The van der Waals surface area contributed by atoms with Crippen molar-refractivity contribution in [1.29, 1.82) is 0 Å². The van der Waals surface area contributed by atoms with Crippen molar-refractivity contribution in [3.63, 3.8) is 0 Å². The fourth-order valence-corrected chi connectivity index (χ4v) is 5.30. The number of fused-ring (bicyclic) bond motifs is 1. The predicted octanol–water partition coefficient (Wildman–Crippen LogP) is 2.91. The van der Waals surface area contributed by atoms with E-state index in [4.69, 9.17) is 14.7 Å². The molecule has 2 aromatic heterocycles. The number of hydrogen-bond acceptors (Lipinski definition) is 7. The number of benzene rings is 1. The number of hydrogen-bond donors (Lipinski definition) is 1. The molecule has 0 saturated carbocycles. The number of carbonyl (C=O) groups excluding carboxylic acids is 1. The fourth-order valence-electron chi connectivity index (χ4n) is 4.34. The molecule has 2 fully saturated rings. The van der Waals surface area contributed by atoms with Crippen LogP contribution < -0.4 is 10.2 Å². The first-order valence-electron chi connectivity index (χ1n) is 10.9. The summed E-state index contributed by atoms with van der Waals surface area (Å²) in [7, 11) is 0. The van der Waals surface area contributed by atoms with E-state index in [-0.39, 0.29) is 11.9 Å². The van der Waals surface area contributed by atoms with Gasteiger partial charge in [-0.05, 0) is 12.5 Å². The van der Waals surface area contributed by atoms with Gasteiger partial charge in [0, 0.05) is 49.6 Å². The van der Waals surface area contributed by atoms with Gasteiger partial charge < -0.3 is 15.0 Å². The molecule has 2 aliphatic rings. The summed E-state index contributed by atoms with van der Waals surface area (Å²) < 4.78 is 5.49. The van der Waals surface area contributed by atoms with Crippen molar-refractivity contribution in [3.8, 4) is 11.1 Å². The first-order chi connectivity index (χ1) is 15.2. The van der Waals surface area contributed by atoms with Crippen LogP contribution in [0.5, 0.6) is 0 Å². The summed E-state index contributed by atoms with van der Waals surface area (Å²) in [6.45, 7) is 7.48. The summed E-state index contributed by atoms with van der Waals surface area (Å²) in [5.74, 6) is 1.88. The van der Waals surface area contributed by atoms with Crippen molar-refractivity contribution < 1.29 is 9.53 Å². The van der Waals surface area contributed by atoms with Crippen molar-refractivity contribution >= 4 is 33.3 Å². The van der Waals surface area contributed by atoms with E-state index in [1.54, 1.807) is 11.3 Å². The lowest BCUT2D eigenvalue weighted by Crippen LogP contribution is -2.37. The monoisotopic (exact) mass is 437 g/mol. The Morgan fingerprint density at radius 1 is 1.16 bits per heavy atom. The van der Waals surface area contributed by atoms with Crippen LogP contribution in [0.25, 0.3) is 21.3 Å². The standard InChI is InChI=1S/C23H27N5O2S/c1-16-13-20(29)24-7-8-28(16)22-21-18(17-5-3-2-4-6-17)15-31-23(21)26-19(25-22)14-27-9-11-30-12-10-27/h2-6,15-16H,7-14H2,1H3,(H,24,29)/t16-/m1/s1. The van der Waals surface area contributed by atoms with Crippen LogP contribution in [0.4, 0.5) is 5.82 Å². The SMILES string of the molecule is C[C@@H]1CC(=O)NCCN1c1nc(CN2CCOCC2)nc2scc(-c3ccccc3)c12. The Bertz CT molecular complexity index is 1060. The first-order valence-corrected chi connectivity index (χ1v) is 11.7. The van der Waals surface area contributed by atoms with Gasteiger partial charge in [0.1, 0.15) is 16.5 Å². The third kappa shape index (κ3) is 4.28. The van der Waals surface area contributed by atoms with Crippen LogP contribution in [0.3, 0.4) is 0 Å². The Balaban J connectivity index is 1.61. The maximum absolute atomic E-state index is 12.1. The second kappa shape index (κ2) is 8.90. The normalized spacial score (nSPS) is 20.6. The van der Waals surface area contributed by atoms with Crippen molar-refractivity contribution in [2.45, 2.75) is 25.9 Å². The maximum Gasteiger partial charge on any atom is 0.222 e. The van der Waals surface area contributed by atoms with Gasteiger partial charge in [0.15, 0.2) is 0 Å². The maximum atomic E-state index is 12.1. The van der Waals surface area contributed by atoms with E-state index in [0.29, 0.717) is 19.5 Å². The van der Waals surface area contributed by atoms with Crippen LogP contribution in [-0.2, 0) is 16.1 Å². The zero-order valence-electron chi connectivity index (χ0n) is 17.7. The summed E-state index contributed by atoms with van der Waals surface area (Å²) in [6, 6.07) is 10.5. The molecule has 31 heavy (non-hydrogen) atoms. The summed E-state index contributed by atoms with van der Waals surface area (Å²) in [5.41, 5.74) is 2.32. The molecule has 1 aromatic carbocycles. The molecule has 1 atom stereocenters. The number of amides is 1. The molecule has 0 spiro atoms. The van der Waals surface area contributed by atoms with Gasteiger partial charge >= 0.3 is 0 Å². The van der Waals surface area contributed by atoms with Crippen LogP contribution in [0.15, 0.2) is 35.7 Å². The average molecular weight is 438 g/mol. The van der Waals surface area contributed by atoms with Crippen molar-refractivity contribution in [1.82, 2.24) is 20.2 Å². The number of ether oxygens (including phenoxy) is 1. The lowest BCUT2D eigenvalue weighted by Gasteiger charge is -2.30. The number of morpholine rings is 1. The Morgan fingerprint density at radius 3 is 2.77 bits per heavy atom. The van der Waals surface area contributed by atoms with Gasteiger partial charge in [0.2, 0.25) is 5.91 Å². The van der Waals surface area contributed by atoms with E-state index in [2.05, 4.69) is 51.7 Å². The minimum Gasteiger partial charge on any atom is -0.379 e. The molecule has 0 unspecified atom stereocenters. The molecule has 1 amide bonds. The zero-order chi connectivity index (χ0) is 21.2. The Labute approximate surface area is 186 Å². The van der Waals surface area contributed by atoms with E-state index in [0.717, 1.165) is 65.8 Å². The van der Waals surface area contributed by atoms with E-state index in [9.17, 15) is 4.79 Å². The largest absolute Gasteiger partial charge is 0.379 e. The predicted molar refractivity (Wildman–Crippen MR) is 123 cm³/mol. The van der Waals surface area contributed by atoms with Gasteiger partial charge in [-0.25, -0.2) is 9.97 Å². The number of anilines is 1. The second-order valence-electron chi connectivity index (χ2n) is 8.14. The van der Waals surface area contributed by atoms with Crippen LogP contribution in [-0.4, -0.2) is 66.2 Å². The molecule has 3 aromatic rings. The molecule has 1 N–H and O–H groups in total. The molecule has 2 saturated heterocycles. The topological polar surface area (TPSA) is 70.6 Å². The van der Waals surface area contributed by atoms with E-state index in [1.165, 1.54) is 0 Å². The van der Waals surface area contributed by atoms with Gasteiger partial charge in [-0.2, -0.15) is 0 Å². The zero-order valence-corrected chi connectivity index (χ0v) is 18.5. The van der Waals surface area contributed by atoms with Gasteiger partial charge in [-0.1, -0.05) is 30.3 Å². The van der Waals surface area contributed by atoms with E-state index in [1.807, 2.05) is 6.07 Å². The summed E-state index contributed by atoms with van der Waals surface area (Å²) in [6.07, 6.45) is 0.467. The smallest absolute Gasteiger partial charge is 0.222 e. The number of thiophene rings is 1. The summed E-state index contributed by atoms with van der Waals surface area (Å²) in [5, 5.41) is 6.27. The number of rotatable bonds is 4. The second-order valence-corrected chi connectivity index (χ2v) is 9.00. The molecular weight excluding hydrogens is 410 g/mol. The summed E-state index contributed by atoms with van der Waals surface area (Å²) in [4.78, 5) is 27.8. The molecule has 8 heteroatoms. The van der Waals surface area contributed by atoms with Crippen molar-refractivity contribution in [2.24, 2.45) is 0 Å². The van der Waals surface area contributed by atoms with Gasteiger partial charge in [0.05, 0.1) is 25.1 Å². The highest BCUT2D eigenvalue weighted by Crippen LogP contribution is 2.39. The molecular formula is C23H27N5O2S. The van der Waals surface area contributed by atoms with Gasteiger partial charge in [-0.3, -0.25) is 9.69 Å². The quantitative estimate of drug-likeness (QED) is 0.677. The van der Waals surface area contributed by atoms with Crippen molar-refractivity contribution in [3.05, 3.63) is 41.5 Å². The molecule has 162 valence electrons. The molecule has 0 bridgehead atoms. The minimum absolute atomic E-state index is 0.0698. The molecule has 0 radical (unpaired) electrons. The number of carbonyl (C=O) groups is 1.